The molecule has 0 aliphatic carbocycles. The second-order valence-corrected chi connectivity index (χ2v) is 6.41. The van der Waals surface area contributed by atoms with Crippen LogP contribution in [0.3, 0.4) is 0 Å². The maximum Gasteiger partial charge on any atom is 0.0979 e. The van der Waals surface area contributed by atoms with Gasteiger partial charge in [0.1, 0.15) is 0 Å². The summed E-state index contributed by atoms with van der Waals surface area (Å²) in [6.45, 7) is 0. The van der Waals surface area contributed by atoms with Gasteiger partial charge in [-0.25, -0.2) is 9.97 Å². The first-order valence-electron chi connectivity index (χ1n) is 8.61. The third-order valence-electron chi connectivity index (χ3n) is 4.75. The number of aliphatic carboxylic acids is 1. The van der Waals surface area contributed by atoms with E-state index in [1.54, 1.807) is 0 Å². The van der Waals surface area contributed by atoms with Crippen molar-refractivity contribution in [1.29, 1.82) is 0 Å². The zero-order chi connectivity index (χ0) is 18.4. The maximum absolute atomic E-state index is 10.7. The van der Waals surface area contributed by atoms with Gasteiger partial charge in [-0.2, -0.15) is 0 Å². The van der Waals surface area contributed by atoms with Gasteiger partial charge >= 0.3 is 0 Å². The monoisotopic (exact) mass is 349 g/mol. The van der Waals surface area contributed by atoms with Crippen LogP contribution in [0.1, 0.15) is 5.56 Å². The Morgan fingerprint density at radius 3 is 1.89 bits per heavy atom. The van der Waals surface area contributed by atoms with Crippen molar-refractivity contribution >= 4 is 55.7 Å². The Bertz CT molecular complexity index is 1400. The molecule has 128 valence electrons. The molecule has 5 rings (SSSR count). The number of aromatic nitrogens is 2. The molecule has 0 atom stereocenters. The fraction of sp³-hybridized carbons (Fsp3) is 0. The van der Waals surface area contributed by atoms with Crippen LogP contribution < -0.4 is 5.11 Å². The summed E-state index contributed by atoms with van der Waals surface area (Å²) >= 11 is 0. The number of rotatable bonds is 2. The van der Waals surface area contributed by atoms with Gasteiger partial charge in [0.2, 0.25) is 0 Å². The van der Waals surface area contributed by atoms with Gasteiger partial charge in [0.15, 0.2) is 0 Å². The van der Waals surface area contributed by atoms with E-state index >= 15 is 0 Å². The molecule has 0 unspecified atom stereocenters. The molecule has 1 heterocycles. The van der Waals surface area contributed by atoms with E-state index < -0.39 is 5.97 Å². The van der Waals surface area contributed by atoms with E-state index in [0.29, 0.717) is 0 Å². The van der Waals surface area contributed by atoms with Gasteiger partial charge in [-0.1, -0.05) is 60.7 Å². The Balaban J connectivity index is 1.91. The molecule has 0 aliphatic heterocycles. The average molecular weight is 349 g/mol. The fourth-order valence-electron chi connectivity index (χ4n) is 3.56. The van der Waals surface area contributed by atoms with E-state index in [-0.39, 0.29) is 0 Å². The highest BCUT2D eigenvalue weighted by atomic mass is 16.4. The number of nitrogens with zero attached hydrogens (tertiary/aromatic N) is 2. The number of benzene rings is 4. The quantitative estimate of drug-likeness (QED) is 0.276. The minimum absolute atomic E-state index is 0.725. The normalized spacial score (nSPS) is 11.9. The van der Waals surface area contributed by atoms with Crippen molar-refractivity contribution in [1.82, 2.24) is 9.97 Å². The number of carbonyl (C=O) groups excluding carboxylic acids is 1. The van der Waals surface area contributed by atoms with E-state index in [1.807, 2.05) is 42.5 Å². The summed E-state index contributed by atoms with van der Waals surface area (Å²) < 4.78 is 0. The molecule has 27 heavy (non-hydrogen) atoms. The number of carboxylic acid groups (broad SMARTS) is 1. The molecule has 0 radical (unpaired) electrons. The van der Waals surface area contributed by atoms with Gasteiger partial charge in [0.25, 0.3) is 0 Å². The number of hydrogen-bond acceptors (Lipinski definition) is 4. The Labute approximate surface area is 154 Å². The largest absolute Gasteiger partial charge is 0.545 e. The van der Waals surface area contributed by atoms with Crippen molar-refractivity contribution in [2.75, 3.05) is 0 Å². The molecular formula is C23H13N2O2-. The predicted octanol–water partition coefficient (Wildman–Crippen LogP) is 3.85. The summed E-state index contributed by atoms with van der Waals surface area (Å²) in [6, 6.07) is 21.9. The first-order chi connectivity index (χ1) is 13.2. The van der Waals surface area contributed by atoms with Crippen LogP contribution in [0.4, 0.5) is 0 Å². The first-order valence-corrected chi connectivity index (χ1v) is 8.61. The van der Waals surface area contributed by atoms with Crippen LogP contribution in [0.2, 0.25) is 0 Å². The first kappa shape index (κ1) is 15.5. The molecule has 0 saturated heterocycles. The van der Waals surface area contributed by atoms with Gasteiger partial charge in [-0.3, -0.25) is 0 Å². The van der Waals surface area contributed by atoms with Gasteiger partial charge in [-0.05, 0) is 34.5 Å². The summed E-state index contributed by atoms with van der Waals surface area (Å²) in [6.07, 6.45) is 2.51. The summed E-state index contributed by atoms with van der Waals surface area (Å²) in [4.78, 5) is 20.4. The van der Waals surface area contributed by atoms with E-state index in [1.165, 1.54) is 6.08 Å². The molecule has 0 aliphatic rings. The minimum Gasteiger partial charge on any atom is -0.545 e. The summed E-state index contributed by atoms with van der Waals surface area (Å²) in [7, 11) is 0. The van der Waals surface area contributed by atoms with Gasteiger partial charge < -0.3 is 9.90 Å². The van der Waals surface area contributed by atoms with Crippen LogP contribution in [0.15, 0.2) is 72.8 Å². The molecule has 0 spiro atoms. The lowest BCUT2D eigenvalue weighted by Crippen LogP contribution is -2.18. The van der Waals surface area contributed by atoms with Crippen LogP contribution in [-0.2, 0) is 4.79 Å². The Morgan fingerprint density at radius 1 is 0.741 bits per heavy atom. The molecule has 0 amide bonds. The lowest BCUT2D eigenvalue weighted by molar-refractivity contribution is -0.297. The van der Waals surface area contributed by atoms with Crippen molar-refractivity contribution in [2.45, 2.75) is 0 Å². The second kappa shape index (κ2) is 5.88. The molecule has 4 aromatic carbocycles. The lowest BCUT2D eigenvalue weighted by atomic mass is 9.99. The van der Waals surface area contributed by atoms with E-state index in [4.69, 9.17) is 9.97 Å². The number of carboxylic acids is 1. The van der Waals surface area contributed by atoms with Gasteiger partial charge in [0, 0.05) is 10.8 Å². The third kappa shape index (κ3) is 2.50. The molecular weight excluding hydrogens is 336 g/mol. The van der Waals surface area contributed by atoms with Crippen molar-refractivity contribution in [3.63, 3.8) is 0 Å². The highest BCUT2D eigenvalue weighted by Crippen LogP contribution is 2.33. The van der Waals surface area contributed by atoms with Crippen LogP contribution in [0, 0.1) is 0 Å². The number of hydrogen-bond donors (Lipinski definition) is 0. The zero-order valence-electron chi connectivity index (χ0n) is 14.2. The lowest BCUT2D eigenvalue weighted by Gasteiger charge is -2.10. The van der Waals surface area contributed by atoms with Crippen LogP contribution in [0.5, 0.6) is 0 Å². The van der Waals surface area contributed by atoms with Crippen molar-refractivity contribution in [3.8, 4) is 0 Å². The maximum atomic E-state index is 10.7. The molecule has 0 bridgehead atoms. The molecule has 0 saturated carbocycles. The number of fused-ring (bicyclic) bond motifs is 7. The molecule has 4 heteroatoms. The molecule has 0 N–H and O–H groups in total. The number of carbonyl (C=O) groups is 1. The van der Waals surface area contributed by atoms with Crippen molar-refractivity contribution in [2.24, 2.45) is 0 Å². The smallest absolute Gasteiger partial charge is 0.0979 e. The Morgan fingerprint density at radius 2 is 1.30 bits per heavy atom. The van der Waals surface area contributed by atoms with Crippen LogP contribution in [0.25, 0.3) is 49.7 Å². The van der Waals surface area contributed by atoms with Gasteiger partial charge in [0.05, 0.1) is 28.0 Å². The molecule has 1 aromatic heterocycles. The van der Waals surface area contributed by atoms with Gasteiger partial charge in [-0.15, -0.1) is 0 Å². The highest BCUT2D eigenvalue weighted by molar-refractivity contribution is 6.23. The SMILES string of the molecule is O=C([O-])/C=C/c1ccc2nc3c4ccccc4c4ccccc4c3nc2c1. The van der Waals surface area contributed by atoms with E-state index in [2.05, 4.69) is 24.3 Å². The molecule has 0 fully saturated rings. The predicted molar refractivity (Wildman–Crippen MR) is 106 cm³/mol. The summed E-state index contributed by atoms with van der Waals surface area (Å²) in [5.41, 5.74) is 3.95. The second-order valence-electron chi connectivity index (χ2n) is 6.41. The van der Waals surface area contributed by atoms with Crippen LogP contribution >= 0.6 is 0 Å². The summed E-state index contributed by atoms with van der Waals surface area (Å²) in [5.74, 6) is -1.22. The molecule has 4 nitrogen and oxygen atoms in total. The van der Waals surface area contributed by atoms with Crippen molar-refractivity contribution < 1.29 is 9.90 Å². The Hall–Kier alpha value is -3.79. The topological polar surface area (TPSA) is 65.9 Å². The van der Waals surface area contributed by atoms with Crippen LogP contribution in [-0.4, -0.2) is 15.9 Å². The fourth-order valence-corrected chi connectivity index (χ4v) is 3.56. The zero-order valence-corrected chi connectivity index (χ0v) is 14.2. The van der Waals surface area contributed by atoms with Crippen molar-refractivity contribution in [3.05, 3.63) is 78.4 Å². The minimum atomic E-state index is -1.22. The van der Waals surface area contributed by atoms with E-state index in [0.717, 1.165) is 55.3 Å². The average Bonchev–Trinajstić information content (AvgIpc) is 2.71. The highest BCUT2D eigenvalue weighted by Gasteiger charge is 2.11. The molecule has 5 aromatic rings. The standard InChI is InChI=1S/C23H14N2O2/c26-21(27)12-10-14-9-11-19-20(13-14)25-23-18-8-4-2-6-16(18)15-5-1-3-7-17(15)22(23)24-19/h1-13H,(H,26,27)/p-1/b12-10+. The summed E-state index contributed by atoms with van der Waals surface area (Å²) in [5, 5.41) is 15.1. The third-order valence-corrected chi connectivity index (χ3v) is 4.75. The van der Waals surface area contributed by atoms with E-state index in [9.17, 15) is 9.90 Å². The Kier molecular flexibility index (Phi) is 3.37.